The fourth-order valence-electron chi connectivity index (χ4n) is 3.12. The van der Waals surface area contributed by atoms with Gasteiger partial charge in [0.15, 0.2) is 0 Å². The average molecular weight is 303 g/mol. The van der Waals surface area contributed by atoms with Gasteiger partial charge in [-0.15, -0.1) is 0 Å². The Bertz CT molecular complexity index is 506. The largest absolute Gasteiger partial charge is 0.481 e. The summed E-state index contributed by atoms with van der Waals surface area (Å²) in [5, 5.41) is 12.1. The maximum absolute atomic E-state index is 12.4. The number of carbonyl (C=O) groups is 2. The van der Waals surface area contributed by atoms with Crippen LogP contribution in [0.5, 0.6) is 0 Å². The van der Waals surface area contributed by atoms with Gasteiger partial charge in [0.05, 0.1) is 5.92 Å². The quantitative estimate of drug-likeness (QED) is 0.878. The number of carboxylic acids is 1. The molecule has 1 saturated carbocycles. The van der Waals surface area contributed by atoms with E-state index in [0.29, 0.717) is 25.7 Å². The summed E-state index contributed by atoms with van der Waals surface area (Å²) in [5.41, 5.74) is 1.21. The van der Waals surface area contributed by atoms with Crippen molar-refractivity contribution in [2.75, 3.05) is 0 Å². The van der Waals surface area contributed by atoms with Gasteiger partial charge < -0.3 is 10.4 Å². The summed E-state index contributed by atoms with van der Waals surface area (Å²) in [6.07, 6.45) is 2.57. The zero-order valence-electron chi connectivity index (χ0n) is 13.3. The highest BCUT2D eigenvalue weighted by molar-refractivity contribution is 5.79. The van der Waals surface area contributed by atoms with E-state index < -0.39 is 5.97 Å². The Hall–Kier alpha value is -1.84. The zero-order chi connectivity index (χ0) is 16.1. The predicted molar refractivity (Wildman–Crippen MR) is 85.5 cm³/mol. The van der Waals surface area contributed by atoms with E-state index in [0.717, 1.165) is 0 Å². The Kier molecular flexibility index (Phi) is 5.58. The van der Waals surface area contributed by atoms with Crippen LogP contribution in [0.3, 0.4) is 0 Å². The summed E-state index contributed by atoms with van der Waals surface area (Å²) in [4.78, 5) is 23.3. The molecule has 120 valence electrons. The third kappa shape index (κ3) is 4.09. The van der Waals surface area contributed by atoms with E-state index in [9.17, 15) is 9.59 Å². The lowest BCUT2D eigenvalue weighted by Crippen LogP contribution is -2.41. The number of aliphatic carboxylic acids is 1. The first kappa shape index (κ1) is 16.5. The maximum Gasteiger partial charge on any atom is 0.306 e. The second-order valence-electron chi connectivity index (χ2n) is 6.38. The molecule has 4 heteroatoms. The second kappa shape index (κ2) is 7.43. The maximum atomic E-state index is 12.4. The predicted octanol–water partition coefficient (Wildman–Crippen LogP) is 3.19. The van der Waals surface area contributed by atoms with Crippen molar-refractivity contribution in [2.24, 2.45) is 11.8 Å². The van der Waals surface area contributed by atoms with E-state index in [4.69, 9.17) is 5.11 Å². The van der Waals surface area contributed by atoms with Crippen LogP contribution in [0.4, 0.5) is 0 Å². The molecular weight excluding hydrogens is 278 g/mol. The van der Waals surface area contributed by atoms with Gasteiger partial charge in [0, 0.05) is 17.9 Å². The normalized spacial score (nSPS) is 24.3. The Labute approximate surface area is 131 Å². The molecule has 0 bridgehead atoms. The number of carboxylic acid groups (broad SMARTS) is 1. The lowest BCUT2D eigenvalue weighted by atomic mass is 9.81. The molecule has 0 aromatic heterocycles. The van der Waals surface area contributed by atoms with E-state index >= 15 is 0 Å². The summed E-state index contributed by atoms with van der Waals surface area (Å²) in [5.74, 6) is -0.727. The molecule has 4 nitrogen and oxygen atoms in total. The third-order valence-electron chi connectivity index (χ3n) is 4.89. The molecule has 1 fully saturated rings. The Balaban J connectivity index is 1.85. The van der Waals surface area contributed by atoms with E-state index in [2.05, 4.69) is 24.4 Å². The van der Waals surface area contributed by atoms with Crippen LogP contribution in [0.1, 0.15) is 51.0 Å². The van der Waals surface area contributed by atoms with Crippen LogP contribution in [-0.2, 0) is 9.59 Å². The van der Waals surface area contributed by atoms with Gasteiger partial charge in [0.2, 0.25) is 5.91 Å². The van der Waals surface area contributed by atoms with Gasteiger partial charge in [-0.3, -0.25) is 9.59 Å². The molecule has 1 aromatic carbocycles. The van der Waals surface area contributed by atoms with E-state index in [-0.39, 0.29) is 29.7 Å². The minimum Gasteiger partial charge on any atom is -0.481 e. The molecule has 2 N–H and O–H groups in total. The smallest absolute Gasteiger partial charge is 0.306 e. The fourth-order valence-corrected chi connectivity index (χ4v) is 3.12. The van der Waals surface area contributed by atoms with Crippen LogP contribution in [0.25, 0.3) is 0 Å². The molecule has 22 heavy (non-hydrogen) atoms. The van der Waals surface area contributed by atoms with Gasteiger partial charge in [-0.1, -0.05) is 37.3 Å². The van der Waals surface area contributed by atoms with Crippen molar-refractivity contribution in [3.05, 3.63) is 35.9 Å². The number of benzene rings is 1. The number of carbonyl (C=O) groups excluding carboxylic acids is 1. The van der Waals surface area contributed by atoms with Crippen LogP contribution in [0.2, 0.25) is 0 Å². The Morgan fingerprint density at radius 3 is 2.14 bits per heavy atom. The minimum absolute atomic E-state index is 0.0407. The van der Waals surface area contributed by atoms with Crippen molar-refractivity contribution in [1.82, 2.24) is 5.32 Å². The van der Waals surface area contributed by atoms with E-state index in [1.165, 1.54) is 5.56 Å². The molecule has 0 heterocycles. The first-order valence-corrected chi connectivity index (χ1v) is 8.07. The molecule has 0 spiro atoms. The highest BCUT2D eigenvalue weighted by Gasteiger charge is 2.30. The third-order valence-corrected chi connectivity index (χ3v) is 4.89. The minimum atomic E-state index is -0.732. The van der Waals surface area contributed by atoms with Gasteiger partial charge >= 0.3 is 5.97 Å². The number of amides is 1. The van der Waals surface area contributed by atoms with Crippen LogP contribution >= 0.6 is 0 Å². The summed E-state index contributed by atoms with van der Waals surface area (Å²) in [7, 11) is 0. The molecular formula is C18H25NO3. The summed E-state index contributed by atoms with van der Waals surface area (Å²) in [6, 6.07) is 10.2. The second-order valence-corrected chi connectivity index (χ2v) is 6.38. The fraction of sp³-hybridized carbons (Fsp3) is 0.556. The zero-order valence-corrected chi connectivity index (χ0v) is 13.3. The molecule has 0 aliphatic heterocycles. The lowest BCUT2D eigenvalue weighted by Gasteiger charge is -2.28. The van der Waals surface area contributed by atoms with Gasteiger partial charge in [-0.05, 0) is 38.2 Å². The summed E-state index contributed by atoms with van der Waals surface area (Å²) in [6.45, 7) is 4.14. The van der Waals surface area contributed by atoms with Crippen LogP contribution in [-0.4, -0.2) is 23.0 Å². The van der Waals surface area contributed by atoms with Crippen molar-refractivity contribution >= 4 is 11.9 Å². The van der Waals surface area contributed by atoms with Crippen LogP contribution in [0, 0.1) is 11.8 Å². The molecule has 2 rings (SSSR count). The van der Waals surface area contributed by atoms with Gasteiger partial charge in [0.25, 0.3) is 0 Å². The molecule has 1 aromatic rings. The van der Waals surface area contributed by atoms with Crippen LogP contribution in [0.15, 0.2) is 30.3 Å². The molecule has 2 unspecified atom stereocenters. The molecule has 2 atom stereocenters. The number of hydrogen-bond donors (Lipinski definition) is 2. The van der Waals surface area contributed by atoms with Crippen molar-refractivity contribution in [2.45, 2.75) is 51.5 Å². The summed E-state index contributed by atoms with van der Waals surface area (Å²) < 4.78 is 0. The van der Waals surface area contributed by atoms with Gasteiger partial charge in [0.1, 0.15) is 0 Å². The van der Waals surface area contributed by atoms with E-state index in [1.807, 2.05) is 25.1 Å². The first-order valence-electron chi connectivity index (χ1n) is 8.07. The molecule has 0 radical (unpaired) electrons. The van der Waals surface area contributed by atoms with Crippen molar-refractivity contribution in [3.8, 4) is 0 Å². The SMILES string of the molecule is CC(NC(=O)C1CCC(C(=O)O)CC1)C(C)c1ccccc1. The summed E-state index contributed by atoms with van der Waals surface area (Å²) >= 11 is 0. The van der Waals surface area contributed by atoms with Gasteiger partial charge in [-0.2, -0.15) is 0 Å². The molecule has 0 saturated heterocycles. The lowest BCUT2D eigenvalue weighted by molar-refractivity contribution is -0.144. The highest BCUT2D eigenvalue weighted by atomic mass is 16.4. The number of nitrogens with one attached hydrogen (secondary N) is 1. The van der Waals surface area contributed by atoms with Gasteiger partial charge in [-0.25, -0.2) is 0 Å². The Morgan fingerprint density at radius 1 is 1.05 bits per heavy atom. The molecule has 1 aliphatic rings. The van der Waals surface area contributed by atoms with Crippen LogP contribution < -0.4 is 5.32 Å². The Morgan fingerprint density at radius 2 is 1.59 bits per heavy atom. The molecule has 1 aliphatic carbocycles. The monoisotopic (exact) mass is 303 g/mol. The standard InChI is InChI=1S/C18H25NO3/c1-12(14-6-4-3-5-7-14)13(2)19-17(20)15-8-10-16(11-9-15)18(21)22/h3-7,12-13,15-16H,8-11H2,1-2H3,(H,19,20)(H,21,22). The van der Waals surface area contributed by atoms with Crippen molar-refractivity contribution in [3.63, 3.8) is 0 Å². The molecule has 1 amide bonds. The number of hydrogen-bond acceptors (Lipinski definition) is 2. The topological polar surface area (TPSA) is 66.4 Å². The first-order chi connectivity index (χ1) is 10.5. The van der Waals surface area contributed by atoms with Crippen molar-refractivity contribution < 1.29 is 14.7 Å². The number of rotatable bonds is 5. The highest BCUT2D eigenvalue weighted by Crippen LogP contribution is 2.29. The van der Waals surface area contributed by atoms with E-state index in [1.54, 1.807) is 0 Å². The van der Waals surface area contributed by atoms with Crippen molar-refractivity contribution in [1.29, 1.82) is 0 Å². The average Bonchev–Trinajstić information content (AvgIpc) is 2.54.